The Morgan fingerprint density at radius 1 is 1.32 bits per heavy atom. The molecule has 22 heavy (non-hydrogen) atoms. The smallest absolute Gasteiger partial charge is 0.234 e. The summed E-state index contributed by atoms with van der Waals surface area (Å²) in [4.78, 5) is 13.9. The Hall–Kier alpha value is -0.880. The fraction of sp³-hybridized carbons (Fsp3) is 0.312. The number of carbonyl (C=O) groups excluding carboxylic acids is 1. The molecule has 0 radical (unpaired) electrons. The van der Waals surface area contributed by atoms with Crippen molar-refractivity contribution in [2.75, 3.05) is 20.1 Å². The normalized spacial score (nSPS) is 10.9. The molecule has 0 saturated carbocycles. The maximum Gasteiger partial charge on any atom is 0.234 e. The summed E-state index contributed by atoms with van der Waals surface area (Å²) in [6.45, 7) is 1.80. The minimum absolute atomic E-state index is 0.0470. The first-order chi connectivity index (χ1) is 10.5. The summed E-state index contributed by atoms with van der Waals surface area (Å²) in [5.41, 5.74) is 2.38. The maximum atomic E-state index is 11.9. The maximum absolute atomic E-state index is 11.9. The van der Waals surface area contributed by atoms with Crippen molar-refractivity contribution < 1.29 is 4.79 Å². The molecule has 1 N–H and O–H groups in total. The average molecular weight is 402 g/mol. The molecule has 1 amide bonds. The fourth-order valence-corrected chi connectivity index (χ4v) is 3.42. The summed E-state index contributed by atoms with van der Waals surface area (Å²) in [6, 6.07) is 9.78. The van der Waals surface area contributed by atoms with Crippen molar-refractivity contribution >= 4 is 44.8 Å². The lowest BCUT2D eigenvalue weighted by molar-refractivity contribution is -0.122. The zero-order valence-electron chi connectivity index (χ0n) is 12.3. The molecule has 0 fully saturated rings. The van der Waals surface area contributed by atoms with Crippen LogP contribution in [0.4, 0.5) is 0 Å². The van der Waals surface area contributed by atoms with Gasteiger partial charge in [0.1, 0.15) is 0 Å². The van der Waals surface area contributed by atoms with Crippen molar-refractivity contribution in [2.45, 2.75) is 13.0 Å². The van der Waals surface area contributed by atoms with Crippen molar-refractivity contribution in [3.63, 3.8) is 0 Å². The molecule has 0 atom stereocenters. The van der Waals surface area contributed by atoms with Gasteiger partial charge < -0.3 is 5.32 Å². The fourth-order valence-electron chi connectivity index (χ4n) is 2.09. The molecule has 1 aromatic heterocycles. The van der Waals surface area contributed by atoms with Gasteiger partial charge in [0.15, 0.2) is 0 Å². The summed E-state index contributed by atoms with van der Waals surface area (Å²) in [5, 5.41) is 5.77. The predicted octanol–water partition coefficient (Wildman–Crippen LogP) is 3.95. The molecule has 3 nitrogen and oxygen atoms in total. The highest BCUT2D eigenvalue weighted by atomic mass is 79.9. The number of nitrogens with one attached hydrogen (secondary N) is 1. The molecule has 118 valence electrons. The summed E-state index contributed by atoms with van der Waals surface area (Å²) in [5.74, 6) is 0.0470. The highest BCUT2D eigenvalue weighted by Gasteiger charge is 2.08. The minimum atomic E-state index is 0.0470. The zero-order chi connectivity index (χ0) is 15.9. The number of amides is 1. The van der Waals surface area contributed by atoms with Crippen molar-refractivity contribution in [2.24, 2.45) is 0 Å². The topological polar surface area (TPSA) is 32.3 Å². The molecular weight excluding hydrogens is 384 g/mol. The van der Waals surface area contributed by atoms with Crippen molar-refractivity contribution in [1.29, 1.82) is 0 Å². The van der Waals surface area contributed by atoms with Gasteiger partial charge in [-0.3, -0.25) is 9.69 Å². The van der Waals surface area contributed by atoms with E-state index in [1.165, 1.54) is 11.1 Å². The summed E-state index contributed by atoms with van der Waals surface area (Å²) >= 11 is 10.9. The number of hydrogen-bond acceptors (Lipinski definition) is 3. The number of nitrogens with zero attached hydrogens (tertiary/aromatic N) is 1. The van der Waals surface area contributed by atoms with Crippen LogP contribution < -0.4 is 5.32 Å². The second-order valence-corrected chi connectivity index (χ2v) is 7.88. The van der Waals surface area contributed by atoms with Crippen LogP contribution in [0.25, 0.3) is 0 Å². The third kappa shape index (κ3) is 6.08. The lowest BCUT2D eigenvalue weighted by atomic mass is 10.1. The Kier molecular flexibility index (Phi) is 6.89. The van der Waals surface area contributed by atoms with E-state index in [2.05, 4.69) is 32.7 Å². The average Bonchev–Trinajstić information content (AvgIpc) is 2.86. The Bertz CT molecular complexity index is 615. The SMILES string of the molecule is CN(CC(=O)NCCc1ccc(Cl)cc1)Cc1csc(Br)c1. The van der Waals surface area contributed by atoms with Gasteiger partial charge in [-0.1, -0.05) is 23.7 Å². The van der Waals surface area contributed by atoms with Gasteiger partial charge in [-0.05, 0) is 64.1 Å². The lowest BCUT2D eigenvalue weighted by Gasteiger charge is -2.15. The Balaban J connectivity index is 1.67. The second kappa shape index (κ2) is 8.67. The first-order valence-electron chi connectivity index (χ1n) is 6.95. The number of rotatable bonds is 7. The number of hydrogen-bond donors (Lipinski definition) is 1. The van der Waals surface area contributed by atoms with Gasteiger partial charge in [0.25, 0.3) is 0 Å². The van der Waals surface area contributed by atoms with E-state index >= 15 is 0 Å². The van der Waals surface area contributed by atoms with E-state index in [9.17, 15) is 4.79 Å². The zero-order valence-corrected chi connectivity index (χ0v) is 15.5. The van der Waals surface area contributed by atoms with E-state index in [1.54, 1.807) is 11.3 Å². The van der Waals surface area contributed by atoms with E-state index in [-0.39, 0.29) is 5.91 Å². The van der Waals surface area contributed by atoms with Crippen LogP contribution in [0.5, 0.6) is 0 Å². The van der Waals surface area contributed by atoms with Gasteiger partial charge in [0, 0.05) is 18.1 Å². The van der Waals surface area contributed by atoms with Gasteiger partial charge in [-0.25, -0.2) is 0 Å². The molecule has 2 rings (SSSR count). The van der Waals surface area contributed by atoms with Crippen LogP contribution in [0, 0.1) is 0 Å². The van der Waals surface area contributed by atoms with Gasteiger partial charge in [-0.15, -0.1) is 11.3 Å². The Morgan fingerprint density at radius 2 is 2.05 bits per heavy atom. The third-order valence-electron chi connectivity index (χ3n) is 3.14. The van der Waals surface area contributed by atoms with Gasteiger partial charge in [0.2, 0.25) is 5.91 Å². The van der Waals surface area contributed by atoms with Gasteiger partial charge in [-0.2, -0.15) is 0 Å². The lowest BCUT2D eigenvalue weighted by Crippen LogP contribution is -2.35. The Labute approximate surface area is 148 Å². The van der Waals surface area contributed by atoms with E-state index in [0.29, 0.717) is 13.1 Å². The number of benzene rings is 1. The highest BCUT2D eigenvalue weighted by molar-refractivity contribution is 9.11. The minimum Gasteiger partial charge on any atom is -0.355 e. The summed E-state index contributed by atoms with van der Waals surface area (Å²) in [6.07, 6.45) is 0.810. The quantitative estimate of drug-likeness (QED) is 0.762. The molecule has 1 aromatic carbocycles. The van der Waals surface area contributed by atoms with E-state index in [1.807, 2.05) is 36.2 Å². The van der Waals surface area contributed by atoms with Crippen LogP contribution >= 0.6 is 38.9 Å². The highest BCUT2D eigenvalue weighted by Crippen LogP contribution is 2.21. The molecule has 0 bridgehead atoms. The van der Waals surface area contributed by atoms with E-state index < -0.39 is 0 Å². The molecule has 0 aliphatic carbocycles. The van der Waals surface area contributed by atoms with E-state index in [4.69, 9.17) is 11.6 Å². The summed E-state index contributed by atoms with van der Waals surface area (Å²) in [7, 11) is 1.95. The Morgan fingerprint density at radius 3 is 2.68 bits per heavy atom. The first kappa shape index (κ1) is 17.5. The predicted molar refractivity (Wildman–Crippen MR) is 96.5 cm³/mol. The van der Waals surface area contributed by atoms with Gasteiger partial charge in [0.05, 0.1) is 10.3 Å². The first-order valence-corrected chi connectivity index (χ1v) is 9.00. The van der Waals surface area contributed by atoms with Crippen LogP contribution in [-0.2, 0) is 17.8 Å². The van der Waals surface area contributed by atoms with Crippen LogP contribution in [0.15, 0.2) is 39.5 Å². The standard InChI is InChI=1S/C16H18BrClN2OS/c1-20(9-13-8-15(17)22-11-13)10-16(21)19-7-6-12-2-4-14(18)5-3-12/h2-5,8,11H,6-7,9-10H2,1H3,(H,19,21). The number of thiophene rings is 1. The molecule has 6 heteroatoms. The molecule has 0 unspecified atom stereocenters. The van der Waals surface area contributed by atoms with Crippen LogP contribution in [0.2, 0.25) is 5.02 Å². The molecule has 1 heterocycles. The van der Waals surface area contributed by atoms with Crippen molar-refractivity contribution in [3.8, 4) is 0 Å². The van der Waals surface area contributed by atoms with Crippen LogP contribution in [-0.4, -0.2) is 30.9 Å². The molecule has 2 aromatic rings. The van der Waals surface area contributed by atoms with Crippen LogP contribution in [0.3, 0.4) is 0 Å². The van der Waals surface area contributed by atoms with E-state index in [0.717, 1.165) is 21.8 Å². The number of carbonyl (C=O) groups is 1. The van der Waals surface area contributed by atoms with Crippen molar-refractivity contribution in [1.82, 2.24) is 10.2 Å². The molecule has 0 aliphatic rings. The molecule has 0 saturated heterocycles. The summed E-state index contributed by atoms with van der Waals surface area (Å²) < 4.78 is 1.11. The number of halogens is 2. The second-order valence-electron chi connectivity index (χ2n) is 5.16. The molecular formula is C16H18BrClN2OS. The molecule has 0 spiro atoms. The van der Waals surface area contributed by atoms with Gasteiger partial charge >= 0.3 is 0 Å². The number of likely N-dealkylation sites (N-methyl/N-ethyl adjacent to an activating group) is 1. The monoisotopic (exact) mass is 400 g/mol. The third-order valence-corrected chi connectivity index (χ3v) is 4.94. The molecule has 0 aliphatic heterocycles. The van der Waals surface area contributed by atoms with Crippen molar-refractivity contribution in [3.05, 3.63) is 55.6 Å². The van der Waals surface area contributed by atoms with Crippen LogP contribution in [0.1, 0.15) is 11.1 Å². The largest absolute Gasteiger partial charge is 0.355 e.